The highest BCUT2D eigenvalue weighted by atomic mass is 16.5. The van der Waals surface area contributed by atoms with Gasteiger partial charge in [0.25, 0.3) is 0 Å². The van der Waals surface area contributed by atoms with E-state index >= 15 is 0 Å². The van der Waals surface area contributed by atoms with Gasteiger partial charge in [-0.05, 0) is 49.9 Å². The zero-order valence-corrected chi connectivity index (χ0v) is 14.3. The molecular formula is C19H27NO4. The van der Waals surface area contributed by atoms with Gasteiger partial charge in [0.15, 0.2) is 11.5 Å². The standard InChI is InChI=1S/C19H27NO4/c1-23-16-8-7-14(19(18(21)22)9-3-2-4-10-19)12-17(16)24-15-6-5-11-20-13-15/h7-8,12,15,20H,2-6,9-11,13H2,1H3,(H,21,22). The van der Waals surface area contributed by atoms with Crippen LogP contribution in [0.3, 0.4) is 0 Å². The summed E-state index contributed by atoms with van der Waals surface area (Å²) in [5, 5.41) is 13.2. The van der Waals surface area contributed by atoms with Crippen molar-refractivity contribution < 1.29 is 19.4 Å². The zero-order chi connectivity index (χ0) is 17.0. The number of carboxylic acid groups (broad SMARTS) is 1. The van der Waals surface area contributed by atoms with Gasteiger partial charge in [0.1, 0.15) is 6.10 Å². The van der Waals surface area contributed by atoms with Crippen molar-refractivity contribution in [3.63, 3.8) is 0 Å². The molecule has 1 aromatic rings. The molecule has 1 unspecified atom stereocenters. The Bertz CT molecular complexity index is 575. The van der Waals surface area contributed by atoms with Gasteiger partial charge in [-0.3, -0.25) is 4.79 Å². The summed E-state index contributed by atoms with van der Waals surface area (Å²) in [6.45, 7) is 1.84. The lowest BCUT2D eigenvalue weighted by Gasteiger charge is -2.34. The number of aliphatic carboxylic acids is 1. The third-order valence-corrected chi connectivity index (χ3v) is 5.38. The van der Waals surface area contributed by atoms with Crippen LogP contribution in [0.4, 0.5) is 0 Å². The van der Waals surface area contributed by atoms with Crippen LogP contribution in [-0.2, 0) is 10.2 Å². The minimum absolute atomic E-state index is 0.107. The van der Waals surface area contributed by atoms with Gasteiger partial charge >= 0.3 is 5.97 Å². The Morgan fingerprint density at radius 1 is 1.21 bits per heavy atom. The van der Waals surface area contributed by atoms with Gasteiger partial charge in [0.2, 0.25) is 0 Å². The molecule has 132 valence electrons. The molecule has 0 aromatic heterocycles. The maximum atomic E-state index is 12.1. The van der Waals surface area contributed by atoms with Crippen molar-refractivity contribution in [1.29, 1.82) is 0 Å². The predicted octanol–water partition coefficient (Wildman–Crippen LogP) is 3.11. The third-order valence-electron chi connectivity index (χ3n) is 5.38. The molecule has 1 aliphatic heterocycles. The van der Waals surface area contributed by atoms with Crippen LogP contribution in [0.2, 0.25) is 0 Å². The average Bonchev–Trinajstić information content (AvgIpc) is 2.63. The van der Waals surface area contributed by atoms with Crippen LogP contribution in [0.15, 0.2) is 18.2 Å². The van der Waals surface area contributed by atoms with Crippen LogP contribution in [0.25, 0.3) is 0 Å². The molecule has 1 saturated heterocycles. The predicted molar refractivity (Wildman–Crippen MR) is 91.9 cm³/mol. The van der Waals surface area contributed by atoms with Crippen LogP contribution in [0.5, 0.6) is 11.5 Å². The first kappa shape index (κ1) is 17.1. The molecule has 5 nitrogen and oxygen atoms in total. The molecule has 0 amide bonds. The highest BCUT2D eigenvalue weighted by molar-refractivity contribution is 5.82. The lowest BCUT2D eigenvalue weighted by molar-refractivity contribution is -0.145. The van der Waals surface area contributed by atoms with Gasteiger partial charge in [0.05, 0.1) is 12.5 Å². The average molecular weight is 333 g/mol. The summed E-state index contributed by atoms with van der Waals surface area (Å²) in [7, 11) is 1.62. The minimum atomic E-state index is -0.784. The monoisotopic (exact) mass is 333 g/mol. The first-order valence-electron chi connectivity index (χ1n) is 8.95. The second-order valence-corrected chi connectivity index (χ2v) is 6.90. The van der Waals surface area contributed by atoms with Crippen LogP contribution < -0.4 is 14.8 Å². The molecule has 1 atom stereocenters. The highest BCUT2D eigenvalue weighted by Crippen LogP contribution is 2.42. The molecule has 24 heavy (non-hydrogen) atoms. The van der Waals surface area contributed by atoms with E-state index in [1.54, 1.807) is 7.11 Å². The van der Waals surface area contributed by atoms with Crippen molar-refractivity contribution in [2.45, 2.75) is 56.5 Å². The molecule has 0 radical (unpaired) electrons. The number of carbonyl (C=O) groups is 1. The molecule has 2 fully saturated rings. The Morgan fingerprint density at radius 3 is 2.62 bits per heavy atom. The Morgan fingerprint density at radius 2 is 2.00 bits per heavy atom. The number of piperidine rings is 1. The topological polar surface area (TPSA) is 67.8 Å². The van der Waals surface area contributed by atoms with E-state index in [-0.39, 0.29) is 6.10 Å². The first-order valence-corrected chi connectivity index (χ1v) is 8.95. The van der Waals surface area contributed by atoms with Gasteiger partial charge in [-0.25, -0.2) is 0 Å². The maximum Gasteiger partial charge on any atom is 0.314 e. The third kappa shape index (κ3) is 3.36. The molecule has 3 rings (SSSR count). The Hall–Kier alpha value is -1.75. The highest BCUT2D eigenvalue weighted by Gasteiger charge is 2.41. The van der Waals surface area contributed by atoms with Crippen LogP contribution in [0, 0.1) is 0 Å². The van der Waals surface area contributed by atoms with Gasteiger partial charge in [-0.2, -0.15) is 0 Å². The van der Waals surface area contributed by atoms with Crippen molar-refractivity contribution in [2.75, 3.05) is 20.2 Å². The van der Waals surface area contributed by atoms with E-state index in [2.05, 4.69) is 5.32 Å². The fourth-order valence-electron chi connectivity index (χ4n) is 3.95. The second-order valence-electron chi connectivity index (χ2n) is 6.90. The lowest BCUT2D eigenvalue weighted by atomic mass is 9.69. The smallest absolute Gasteiger partial charge is 0.314 e. The summed E-state index contributed by atoms with van der Waals surface area (Å²) in [4.78, 5) is 12.1. The zero-order valence-electron chi connectivity index (χ0n) is 14.3. The quantitative estimate of drug-likeness (QED) is 0.866. The Kier molecular flexibility index (Phi) is 5.29. The molecule has 1 saturated carbocycles. The SMILES string of the molecule is COc1ccc(C2(C(=O)O)CCCCC2)cc1OC1CCCNC1. The number of rotatable bonds is 5. The number of ether oxygens (including phenoxy) is 2. The summed E-state index contributed by atoms with van der Waals surface area (Å²) in [5.74, 6) is 0.605. The van der Waals surface area contributed by atoms with Crippen molar-refractivity contribution in [1.82, 2.24) is 5.32 Å². The normalized spacial score (nSPS) is 23.5. The second kappa shape index (κ2) is 7.43. The van der Waals surface area contributed by atoms with E-state index in [1.165, 1.54) is 0 Å². The number of carboxylic acids is 1. The van der Waals surface area contributed by atoms with E-state index in [9.17, 15) is 9.90 Å². The van der Waals surface area contributed by atoms with Gasteiger partial charge in [-0.15, -0.1) is 0 Å². The number of methoxy groups -OCH3 is 1. The molecular weight excluding hydrogens is 306 g/mol. The Balaban J connectivity index is 1.90. The van der Waals surface area contributed by atoms with E-state index in [1.807, 2.05) is 18.2 Å². The Labute approximate surface area is 143 Å². The molecule has 0 bridgehead atoms. The van der Waals surface area contributed by atoms with Gasteiger partial charge in [0, 0.05) is 6.54 Å². The van der Waals surface area contributed by atoms with Crippen LogP contribution >= 0.6 is 0 Å². The number of hydrogen-bond acceptors (Lipinski definition) is 4. The first-order chi connectivity index (χ1) is 11.7. The molecule has 0 spiro atoms. The van der Waals surface area contributed by atoms with Gasteiger partial charge < -0.3 is 19.9 Å². The number of benzene rings is 1. The summed E-state index contributed by atoms with van der Waals surface area (Å²) >= 11 is 0. The molecule has 5 heteroatoms. The number of nitrogens with one attached hydrogen (secondary N) is 1. The van der Waals surface area contributed by atoms with E-state index in [4.69, 9.17) is 9.47 Å². The molecule has 1 aliphatic carbocycles. The summed E-state index contributed by atoms with van der Waals surface area (Å²) in [5.41, 5.74) is 0.0576. The maximum absolute atomic E-state index is 12.1. The summed E-state index contributed by atoms with van der Waals surface area (Å²) in [6, 6.07) is 5.64. The van der Waals surface area contributed by atoms with Crippen molar-refractivity contribution in [3.05, 3.63) is 23.8 Å². The number of hydrogen-bond donors (Lipinski definition) is 2. The minimum Gasteiger partial charge on any atom is -0.493 e. The molecule has 2 aliphatic rings. The molecule has 1 heterocycles. The van der Waals surface area contributed by atoms with E-state index in [0.29, 0.717) is 24.3 Å². The lowest BCUT2D eigenvalue weighted by Crippen LogP contribution is -2.38. The van der Waals surface area contributed by atoms with Crippen LogP contribution in [0.1, 0.15) is 50.5 Å². The van der Waals surface area contributed by atoms with Crippen molar-refractivity contribution in [3.8, 4) is 11.5 Å². The largest absolute Gasteiger partial charge is 0.493 e. The van der Waals surface area contributed by atoms with E-state index in [0.717, 1.165) is 50.8 Å². The summed E-state index contributed by atoms with van der Waals surface area (Å²) in [6.07, 6.45) is 6.62. The fourth-order valence-corrected chi connectivity index (χ4v) is 3.95. The fraction of sp³-hybridized carbons (Fsp3) is 0.632. The van der Waals surface area contributed by atoms with Crippen molar-refractivity contribution in [2.24, 2.45) is 0 Å². The molecule has 2 N–H and O–H groups in total. The van der Waals surface area contributed by atoms with Gasteiger partial charge in [-0.1, -0.05) is 25.3 Å². The van der Waals surface area contributed by atoms with Crippen LogP contribution in [-0.4, -0.2) is 37.4 Å². The molecule has 1 aromatic carbocycles. The summed E-state index contributed by atoms with van der Waals surface area (Å²) < 4.78 is 11.6. The van der Waals surface area contributed by atoms with Crippen molar-refractivity contribution >= 4 is 5.97 Å². The van der Waals surface area contributed by atoms with E-state index < -0.39 is 11.4 Å².